The van der Waals surface area contributed by atoms with Crippen LogP contribution >= 0.6 is 22.9 Å². The molecule has 0 spiro atoms. The third kappa shape index (κ3) is 2.58. The lowest BCUT2D eigenvalue weighted by Gasteiger charge is -2.19. The van der Waals surface area contributed by atoms with E-state index in [1.807, 2.05) is 0 Å². The molecule has 0 aromatic carbocycles. The van der Waals surface area contributed by atoms with Gasteiger partial charge < -0.3 is 24.0 Å². The topological polar surface area (TPSA) is 33.5 Å². The SMILES string of the molecule is CCCC[NH+]1c2nccnc2N(I)C1C.[I-]. The van der Waals surface area contributed by atoms with Gasteiger partial charge in [0, 0.05) is 13.1 Å². The first kappa shape index (κ1) is 14.4. The molecule has 0 amide bonds. The summed E-state index contributed by atoms with van der Waals surface area (Å²) in [6.07, 6.45) is 6.45. The highest BCUT2D eigenvalue weighted by Crippen LogP contribution is 2.27. The number of nitrogens with zero attached hydrogens (tertiary/aromatic N) is 3. The fraction of sp³-hybridized carbons (Fsp3) is 0.600. The van der Waals surface area contributed by atoms with Crippen molar-refractivity contribution >= 4 is 34.5 Å². The van der Waals surface area contributed by atoms with E-state index in [-0.39, 0.29) is 24.0 Å². The molecule has 1 aromatic rings. The lowest BCUT2D eigenvalue weighted by molar-refractivity contribution is -0.852. The summed E-state index contributed by atoms with van der Waals surface area (Å²) in [7, 11) is 0. The Morgan fingerprint density at radius 3 is 2.81 bits per heavy atom. The van der Waals surface area contributed by atoms with Crippen LogP contribution in [0.5, 0.6) is 0 Å². The number of aromatic nitrogens is 2. The summed E-state index contributed by atoms with van der Waals surface area (Å²) < 4.78 is 2.19. The molecule has 1 N–H and O–H groups in total. The second-order valence-electron chi connectivity index (χ2n) is 3.84. The minimum Gasteiger partial charge on any atom is -1.00 e. The normalized spacial score (nSPS) is 22.8. The summed E-state index contributed by atoms with van der Waals surface area (Å²) in [5.74, 6) is 2.13. The van der Waals surface area contributed by atoms with Gasteiger partial charge >= 0.3 is 0 Å². The van der Waals surface area contributed by atoms with E-state index in [0.29, 0.717) is 6.17 Å². The summed E-state index contributed by atoms with van der Waals surface area (Å²) in [6.45, 7) is 5.59. The van der Waals surface area contributed by atoms with E-state index in [1.165, 1.54) is 17.7 Å². The smallest absolute Gasteiger partial charge is 0.272 e. The van der Waals surface area contributed by atoms with Crippen LogP contribution in [0.1, 0.15) is 26.7 Å². The van der Waals surface area contributed by atoms with E-state index in [2.05, 4.69) is 49.8 Å². The first-order valence-electron chi connectivity index (χ1n) is 5.37. The molecule has 2 atom stereocenters. The zero-order valence-corrected chi connectivity index (χ0v) is 13.8. The molecule has 0 bridgehead atoms. The Bertz CT molecular complexity index is 347. The number of rotatable bonds is 3. The minimum absolute atomic E-state index is 0. The van der Waals surface area contributed by atoms with Crippen molar-refractivity contribution in [3.05, 3.63) is 12.4 Å². The summed E-state index contributed by atoms with van der Waals surface area (Å²) in [5.41, 5.74) is 0. The third-order valence-corrected chi connectivity index (χ3v) is 4.12. The molecule has 0 aliphatic carbocycles. The number of anilines is 1. The predicted octanol–water partition coefficient (Wildman–Crippen LogP) is -1.69. The van der Waals surface area contributed by atoms with E-state index in [0.717, 1.165) is 18.2 Å². The number of hydrogen-bond donors (Lipinski definition) is 1. The van der Waals surface area contributed by atoms with Gasteiger partial charge in [0.1, 0.15) is 0 Å². The van der Waals surface area contributed by atoms with Gasteiger partial charge in [-0.25, -0.2) is 8.10 Å². The van der Waals surface area contributed by atoms with Gasteiger partial charge in [-0.1, -0.05) is 13.3 Å². The number of nitrogens with one attached hydrogen (secondary N) is 1. The van der Waals surface area contributed by atoms with Gasteiger partial charge in [0.25, 0.3) is 5.82 Å². The van der Waals surface area contributed by atoms with E-state index in [9.17, 15) is 0 Å². The molecule has 2 heterocycles. The second-order valence-corrected chi connectivity index (χ2v) is 4.88. The fourth-order valence-corrected chi connectivity index (χ4v) is 2.62. The average Bonchev–Trinajstić information content (AvgIpc) is 2.51. The molecule has 0 fully saturated rings. The van der Waals surface area contributed by atoms with Gasteiger partial charge in [-0.15, -0.1) is 0 Å². The molecule has 0 radical (unpaired) electrons. The maximum atomic E-state index is 4.45. The Labute approximate surface area is 127 Å². The first-order valence-corrected chi connectivity index (χ1v) is 6.34. The molecule has 1 aromatic heterocycles. The molecule has 90 valence electrons. The molecule has 1 aliphatic rings. The van der Waals surface area contributed by atoms with Crippen LogP contribution in [0.25, 0.3) is 0 Å². The lowest BCUT2D eigenvalue weighted by atomic mass is 10.3. The average molecular weight is 446 g/mol. The van der Waals surface area contributed by atoms with Gasteiger partial charge in [-0.3, -0.25) is 4.90 Å². The zero-order valence-electron chi connectivity index (χ0n) is 9.45. The quantitative estimate of drug-likeness (QED) is 0.445. The van der Waals surface area contributed by atoms with Crippen molar-refractivity contribution < 1.29 is 28.9 Å². The number of fused-ring (bicyclic) bond motifs is 1. The lowest BCUT2D eigenvalue weighted by Crippen LogP contribution is -3.10. The second kappa shape index (κ2) is 6.29. The molecule has 2 rings (SSSR count). The van der Waals surface area contributed by atoms with Crippen LogP contribution in [0.4, 0.5) is 11.6 Å². The van der Waals surface area contributed by atoms with Gasteiger partial charge in [0.15, 0.2) is 6.17 Å². The molecule has 0 saturated heterocycles. The predicted molar refractivity (Wildman–Crippen MR) is 68.4 cm³/mol. The van der Waals surface area contributed by atoms with E-state index in [4.69, 9.17) is 0 Å². The molecule has 4 nitrogen and oxygen atoms in total. The van der Waals surface area contributed by atoms with Crippen molar-refractivity contribution in [2.24, 2.45) is 0 Å². The third-order valence-electron chi connectivity index (χ3n) is 2.83. The monoisotopic (exact) mass is 446 g/mol. The van der Waals surface area contributed by atoms with Crippen molar-refractivity contribution in [3.8, 4) is 0 Å². The number of hydrogen-bond acceptors (Lipinski definition) is 3. The largest absolute Gasteiger partial charge is 1.00 e. The Kier molecular flexibility index (Phi) is 5.65. The van der Waals surface area contributed by atoms with E-state index >= 15 is 0 Å². The zero-order chi connectivity index (χ0) is 10.8. The highest BCUT2D eigenvalue weighted by Gasteiger charge is 2.38. The Balaban J connectivity index is 0.00000128. The van der Waals surface area contributed by atoms with Crippen LogP contribution in [0.15, 0.2) is 12.4 Å². The van der Waals surface area contributed by atoms with Crippen molar-refractivity contribution in [1.29, 1.82) is 0 Å². The highest BCUT2D eigenvalue weighted by atomic mass is 127. The van der Waals surface area contributed by atoms with Gasteiger partial charge in [0.05, 0.1) is 35.6 Å². The summed E-state index contributed by atoms with van der Waals surface area (Å²) in [6, 6.07) is 0. The van der Waals surface area contributed by atoms with Crippen molar-refractivity contribution in [1.82, 2.24) is 9.97 Å². The molecule has 2 unspecified atom stereocenters. The van der Waals surface area contributed by atoms with E-state index in [1.54, 1.807) is 12.4 Å². The van der Waals surface area contributed by atoms with Gasteiger partial charge in [-0.05, 0) is 6.42 Å². The number of unbranched alkanes of at least 4 members (excludes halogenated alkanes) is 1. The Morgan fingerprint density at radius 2 is 2.12 bits per heavy atom. The summed E-state index contributed by atoms with van der Waals surface area (Å²) >= 11 is 2.33. The molecule has 16 heavy (non-hydrogen) atoms. The highest BCUT2D eigenvalue weighted by molar-refractivity contribution is 14.1. The van der Waals surface area contributed by atoms with Crippen LogP contribution in [-0.2, 0) is 0 Å². The maximum absolute atomic E-state index is 4.45. The Morgan fingerprint density at radius 1 is 1.44 bits per heavy atom. The van der Waals surface area contributed by atoms with Crippen molar-refractivity contribution in [2.75, 3.05) is 9.66 Å². The molecular formula is C10H16I2N4. The number of halogens is 2. The van der Waals surface area contributed by atoms with E-state index < -0.39 is 0 Å². The molecule has 1 aliphatic heterocycles. The minimum atomic E-state index is 0. The maximum Gasteiger partial charge on any atom is 0.272 e. The fourth-order valence-electron chi connectivity index (χ4n) is 1.93. The number of quaternary nitrogens is 1. The van der Waals surface area contributed by atoms with Crippen LogP contribution in [-0.4, -0.2) is 22.7 Å². The van der Waals surface area contributed by atoms with Crippen LogP contribution < -0.4 is 32.0 Å². The van der Waals surface area contributed by atoms with Crippen LogP contribution in [0.2, 0.25) is 0 Å². The van der Waals surface area contributed by atoms with Crippen LogP contribution in [0, 0.1) is 0 Å². The van der Waals surface area contributed by atoms with Crippen molar-refractivity contribution in [2.45, 2.75) is 32.9 Å². The van der Waals surface area contributed by atoms with Gasteiger partial charge in [-0.2, -0.15) is 4.98 Å². The molecular weight excluding hydrogens is 430 g/mol. The standard InChI is InChI=1S/C10H15IN4.HI/c1-3-4-7-14-8(2)15(11)10-9(14)12-5-6-13-10;/h5-6,8H,3-4,7H2,1-2H3;1H. The summed E-state index contributed by atoms with van der Waals surface area (Å²) in [4.78, 5) is 10.3. The van der Waals surface area contributed by atoms with Crippen LogP contribution in [0.3, 0.4) is 0 Å². The first-order chi connectivity index (χ1) is 7.25. The molecule has 0 saturated carbocycles. The van der Waals surface area contributed by atoms with Gasteiger partial charge in [0.2, 0.25) is 5.82 Å². The summed E-state index contributed by atoms with van der Waals surface area (Å²) in [5, 5.41) is 0. The Hall–Kier alpha value is 0.300. The molecule has 6 heteroatoms. The van der Waals surface area contributed by atoms with Crippen molar-refractivity contribution in [3.63, 3.8) is 0 Å².